The molecule has 2 nitrogen and oxygen atoms in total. The van der Waals surface area contributed by atoms with Gasteiger partial charge in [0, 0.05) is 27.3 Å². The third-order valence-corrected chi connectivity index (χ3v) is 5.49. The maximum absolute atomic E-state index is 6.14. The van der Waals surface area contributed by atoms with Crippen LogP contribution < -0.4 is 10.1 Å². The van der Waals surface area contributed by atoms with E-state index in [1.54, 1.807) is 0 Å². The minimum absolute atomic E-state index is 0.456. The van der Waals surface area contributed by atoms with Gasteiger partial charge in [-0.2, -0.15) is 0 Å². The molecule has 3 rings (SSSR count). The Balaban J connectivity index is 1.79. The summed E-state index contributed by atoms with van der Waals surface area (Å²) < 4.78 is 8.05. The maximum atomic E-state index is 6.14. The van der Waals surface area contributed by atoms with Gasteiger partial charge in [-0.25, -0.2) is 0 Å². The fourth-order valence-electron chi connectivity index (χ4n) is 2.89. The summed E-state index contributed by atoms with van der Waals surface area (Å²) in [7, 11) is 0. The Bertz CT molecular complexity index is 959. The molecule has 0 aliphatic rings. The number of rotatable bonds is 6. The first-order valence-electron chi connectivity index (χ1n) is 8.58. The van der Waals surface area contributed by atoms with Gasteiger partial charge in [0.2, 0.25) is 0 Å². The van der Waals surface area contributed by atoms with Crippen LogP contribution in [0.1, 0.15) is 22.3 Å². The number of ether oxygens (including phenoxy) is 1. The fraction of sp³-hybridized carbons (Fsp3) is 0.182. The third kappa shape index (κ3) is 5.50. The van der Waals surface area contributed by atoms with Crippen molar-refractivity contribution >= 4 is 49.1 Å². The van der Waals surface area contributed by atoms with Crippen LogP contribution in [0.2, 0.25) is 5.02 Å². The highest BCUT2D eigenvalue weighted by Crippen LogP contribution is 2.34. The van der Waals surface area contributed by atoms with E-state index in [9.17, 15) is 0 Å². The number of nitrogens with one attached hydrogen (secondary N) is 1. The van der Waals surface area contributed by atoms with E-state index in [0.717, 1.165) is 31.5 Å². The molecule has 0 bridgehead atoms. The molecule has 0 radical (unpaired) electrons. The highest BCUT2D eigenvalue weighted by atomic mass is 79.9. The Morgan fingerprint density at radius 2 is 1.81 bits per heavy atom. The molecule has 0 amide bonds. The van der Waals surface area contributed by atoms with E-state index in [-0.39, 0.29) is 0 Å². The van der Waals surface area contributed by atoms with Crippen molar-refractivity contribution in [2.75, 3.05) is 5.32 Å². The second-order valence-electron chi connectivity index (χ2n) is 6.47. The predicted molar refractivity (Wildman–Crippen MR) is 121 cm³/mol. The minimum Gasteiger partial charge on any atom is -0.487 e. The summed E-state index contributed by atoms with van der Waals surface area (Å²) in [4.78, 5) is 0. The molecule has 5 heteroatoms. The molecule has 3 aromatic carbocycles. The third-order valence-electron chi connectivity index (χ3n) is 4.21. The van der Waals surface area contributed by atoms with Crippen molar-refractivity contribution in [3.63, 3.8) is 0 Å². The monoisotopic (exact) mass is 507 g/mol. The molecule has 0 unspecified atom stereocenters. The largest absolute Gasteiger partial charge is 0.487 e. The van der Waals surface area contributed by atoms with Gasteiger partial charge in [-0.05, 0) is 71.2 Å². The van der Waals surface area contributed by atoms with Gasteiger partial charge in [-0.3, -0.25) is 0 Å². The SMILES string of the molecule is Cc1ccc(NCc2cc(Br)cc(Br)c2OCc2cccc(Cl)c2)c(C)c1. The van der Waals surface area contributed by atoms with Crippen LogP contribution >= 0.6 is 43.5 Å². The number of hydrogen-bond acceptors (Lipinski definition) is 2. The van der Waals surface area contributed by atoms with Crippen molar-refractivity contribution < 1.29 is 4.74 Å². The lowest BCUT2D eigenvalue weighted by molar-refractivity contribution is 0.301. The Hall–Kier alpha value is -1.49. The molecule has 140 valence electrons. The summed E-state index contributed by atoms with van der Waals surface area (Å²) in [6.45, 7) is 5.33. The van der Waals surface area contributed by atoms with E-state index in [1.165, 1.54) is 11.1 Å². The Morgan fingerprint density at radius 3 is 2.56 bits per heavy atom. The topological polar surface area (TPSA) is 21.3 Å². The van der Waals surface area contributed by atoms with Gasteiger partial charge in [0.05, 0.1) is 4.47 Å². The number of aryl methyl sites for hydroxylation is 2. The van der Waals surface area contributed by atoms with Crippen LogP contribution in [0.5, 0.6) is 5.75 Å². The second-order valence-corrected chi connectivity index (χ2v) is 8.67. The lowest BCUT2D eigenvalue weighted by atomic mass is 10.1. The zero-order chi connectivity index (χ0) is 19.4. The number of anilines is 1. The molecule has 0 aliphatic carbocycles. The normalized spacial score (nSPS) is 10.7. The summed E-state index contributed by atoms with van der Waals surface area (Å²) in [6.07, 6.45) is 0. The van der Waals surface area contributed by atoms with Crippen molar-refractivity contribution in [2.24, 2.45) is 0 Å². The molecule has 3 aromatic rings. The van der Waals surface area contributed by atoms with Gasteiger partial charge in [0.25, 0.3) is 0 Å². The molecular weight excluding hydrogens is 490 g/mol. The second kappa shape index (κ2) is 9.13. The van der Waals surface area contributed by atoms with Crippen LogP contribution in [0.3, 0.4) is 0 Å². The highest BCUT2D eigenvalue weighted by Gasteiger charge is 2.11. The fourth-order valence-corrected chi connectivity index (χ4v) is 4.53. The summed E-state index contributed by atoms with van der Waals surface area (Å²) >= 11 is 13.3. The molecule has 0 spiro atoms. The van der Waals surface area contributed by atoms with Crippen molar-refractivity contribution in [3.8, 4) is 5.75 Å². The Kier molecular flexibility index (Phi) is 6.85. The van der Waals surface area contributed by atoms with E-state index in [0.29, 0.717) is 18.2 Å². The van der Waals surface area contributed by atoms with Crippen molar-refractivity contribution in [1.29, 1.82) is 0 Å². The molecule has 0 aliphatic heterocycles. The molecule has 1 N–H and O–H groups in total. The predicted octanol–water partition coefficient (Wildman–Crippen LogP) is 7.67. The van der Waals surface area contributed by atoms with E-state index < -0.39 is 0 Å². The van der Waals surface area contributed by atoms with Crippen LogP contribution in [-0.2, 0) is 13.2 Å². The van der Waals surface area contributed by atoms with Crippen molar-refractivity contribution in [2.45, 2.75) is 27.0 Å². The number of hydrogen-bond donors (Lipinski definition) is 1. The first kappa shape index (κ1) is 20.2. The van der Waals surface area contributed by atoms with Gasteiger partial charge in [-0.15, -0.1) is 0 Å². The zero-order valence-electron chi connectivity index (χ0n) is 15.2. The Labute approximate surface area is 182 Å². The minimum atomic E-state index is 0.456. The molecule has 27 heavy (non-hydrogen) atoms. The molecule has 0 heterocycles. The van der Waals surface area contributed by atoms with Gasteiger partial charge in [0.1, 0.15) is 12.4 Å². The zero-order valence-corrected chi connectivity index (χ0v) is 19.1. The standard InChI is InChI=1S/C22H20Br2ClNO/c1-14-6-7-21(15(2)8-14)26-12-17-10-18(23)11-20(24)22(17)27-13-16-4-3-5-19(25)9-16/h3-11,26H,12-13H2,1-2H3. The van der Waals surface area contributed by atoms with E-state index in [4.69, 9.17) is 16.3 Å². The quantitative estimate of drug-likeness (QED) is 0.368. The van der Waals surface area contributed by atoms with E-state index in [2.05, 4.69) is 75.3 Å². The lowest BCUT2D eigenvalue weighted by Gasteiger charge is -2.16. The van der Waals surface area contributed by atoms with E-state index in [1.807, 2.05) is 30.3 Å². The summed E-state index contributed by atoms with van der Waals surface area (Å²) in [5.74, 6) is 0.829. The Morgan fingerprint density at radius 1 is 1.00 bits per heavy atom. The van der Waals surface area contributed by atoms with Gasteiger partial charge in [0.15, 0.2) is 0 Å². The lowest BCUT2D eigenvalue weighted by Crippen LogP contribution is -2.05. The number of benzene rings is 3. The first-order valence-corrected chi connectivity index (χ1v) is 10.5. The summed E-state index contributed by atoms with van der Waals surface area (Å²) in [5, 5.41) is 4.23. The van der Waals surface area contributed by atoms with Crippen LogP contribution in [0.25, 0.3) is 0 Å². The van der Waals surface area contributed by atoms with Crippen LogP contribution in [0.4, 0.5) is 5.69 Å². The van der Waals surface area contributed by atoms with Crippen molar-refractivity contribution in [1.82, 2.24) is 0 Å². The smallest absolute Gasteiger partial charge is 0.139 e. The van der Waals surface area contributed by atoms with Crippen LogP contribution in [0.15, 0.2) is 63.5 Å². The van der Waals surface area contributed by atoms with Crippen LogP contribution in [-0.4, -0.2) is 0 Å². The summed E-state index contributed by atoms with van der Waals surface area (Å²) in [6, 6.07) is 18.2. The molecule has 0 saturated carbocycles. The molecule has 0 aromatic heterocycles. The molecule has 0 saturated heterocycles. The first-order chi connectivity index (χ1) is 12.9. The maximum Gasteiger partial charge on any atom is 0.139 e. The summed E-state index contributed by atoms with van der Waals surface area (Å²) in [5.41, 5.74) is 5.71. The molecular formula is C22H20Br2ClNO. The average Bonchev–Trinajstić information content (AvgIpc) is 2.60. The molecule has 0 fully saturated rings. The number of halogens is 3. The van der Waals surface area contributed by atoms with Gasteiger partial charge in [-0.1, -0.05) is 57.4 Å². The van der Waals surface area contributed by atoms with Crippen LogP contribution in [0, 0.1) is 13.8 Å². The highest BCUT2D eigenvalue weighted by molar-refractivity contribution is 9.11. The average molecular weight is 510 g/mol. The molecule has 0 atom stereocenters. The van der Waals surface area contributed by atoms with Gasteiger partial charge >= 0.3 is 0 Å². The van der Waals surface area contributed by atoms with E-state index >= 15 is 0 Å². The van der Waals surface area contributed by atoms with Crippen molar-refractivity contribution in [3.05, 3.63) is 90.8 Å². The van der Waals surface area contributed by atoms with Gasteiger partial charge < -0.3 is 10.1 Å².